The van der Waals surface area contributed by atoms with Gasteiger partial charge in [-0.3, -0.25) is 9.20 Å². The van der Waals surface area contributed by atoms with E-state index >= 15 is 0 Å². The van der Waals surface area contributed by atoms with Gasteiger partial charge in [-0.15, -0.1) is 0 Å². The number of fused-ring (bicyclic) bond motifs is 1. The van der Waals surface area contributed by atoms with Crippen LogP contribution >= 0.6 is 15.9 Å². The fraction of sp³-hybridized carbons (Fsp3) is 0.471. The lowest BCUT2D eigenvalue weighted by atomic mass is 10.2. The maximum atomic E-state index is 12.8. The van der Waals surface area contributed by atoms with Crippen LogP contribution in [0.25, 0.3) is 5.65 Å². The van der Waals surface area contributed by atoms with Crippen molar-refractivity contribution in [1.29, 1.82) is 0 Å². The highest BCUT2D eigenvalue weighted by atomic mass is 79.9. The van der Waals surface area contributed by atoms with Crippen LogP contribution in [-0.2, 0) is 4.74 Å². The zero-order valence-electron chi connectivity index (χ0n) is 14.5. The Balaban J connectivity index is 1.67. The number of hydrogen-bond acceptors (Lipinski definition) is 4. The summed E-state index contributed by atoms with van der Waals surface area (Å²) >= 11 is 3.41. The number of ether oxygens (including phenoxy) is 1. The van der Waals surface area contributed by atoms with Crippen molar-refractivity contribution in [1.82, 2.24) is 19.2 Å². The summed E-state index contributed by atoms with van der Waals surface area (Å²) in [6.07, 6.45) is 3.08. The normalized spacial score (nSPS) is 15.5. The molecular formula is C17H21BrN4O3. The van der Waals surface area contributed by atoms with Crippen LogP contribution in [0.4, 0.5) is 4.79 Å². The number of amides is 2. The number of carbonyl (C=O) groups excluding carboxylic acids is 2. The van der Waals surface area contributed by atoms with Crippen molar-refractivity contribution < 1.29 is 14.3 Å². The van der Waals surface area contributed by atoms with Crippen molar-refractivity contribution in [3.05, 3.63) is 34.7 Å². The lowest BCUT2D eigenvalue weighted by Gasteiger charge is -2.35. The van der Waals surface area contributed by atoms with Crippen LogP contribution in [0.3, 0.4) is 0 Å². The van der Waals surface area contributed by atoms with Gasteiger partial charge in [0.25, 0.3) is 5.91 Å². The smallest absolute Gasteiger partial charge is 0.410 e. The Morgan fingerprint density at radius 2 is 1.76 bits per heavy atom. The van der Waals surface area contributed by atoms with E-state index in [1.165, 1.54) is 0 Å². The first-order valence-electron chi connectivity index (χ1n) is 8.14. The Bertz CT molecular complexity index is 804. The summed E-state index contributed by atoms with van der Waals surface area (Å²) in [5.74, 6) is -0.0885. The first-order chi connectivity index (χ1) is 11.7. The zero-order chi connectivity index (χ0) is 18.2. The fourth-order valence-corrected chi connectivity index (χ4v) is 3.03. The minimum absolute atomic E-state index is 0.0885. The van der Waals surface area contributed by atoms with Gasteiger partial charge < -0.3 is 14.5 Å². The van der Waals surface area contributed by atoms with E-state index in [-0.39, 0.29) is 12.0 Å². The Morgan fingerprint density at radius 3 is 2.40 bits per heavy atom. The maximum Gasteiger partial charge on any atom is 0.410 e. The van der Waals surface area contributed by atoms with Gasteiger partial charge in [-0.05, 0) is 48.8 Å². The Labute approximate surface area is 154 Å². The molecule has 0 radical (unpaired) electrons. The molecule has 7 nitrogen and oxygen atoms in total. The number of halogens is 1. The molecular weight excluding hydrogens is 388 g/mol. The number of hydrogen-bond donors (Lipinski definition) is 0. The van der Waals surface area contributed by atoms with E-state index in [0.717, 1.165) is 10.1 Å². The molecule has 25 heavy (non-hydrogen) atoms. The highest BCUT2D eigenvalue weighted by Gasteiger charge is 2.29. The molecule has 0 saturated carbocycles. The monoisotopic (exact) mass is 408 g/mol. The van der Waals surface area contributed by atoms with E-state index in [4.69, 9.17) is 4.74 Å². The van der Waals surface area contributed by atoms with Gasteiger partial charge in [-0.25, -0.2) is 9.78 Å². The molecule has 2 aromatic rings. The number of pyridine rings is 1. The predicted molar refractivity (Wildman–Crippen MR) is 96.6 cm³/mol. The number of rotatable bonds is 1. The van der Waals surface area contributed by atoms with Gasteiger partial charge in [0.15, 0.2) is 0 Å². The topological polar surface area (TPSA) is 67.2 Å². The molecule has 0 bridgehead atoms. The molecule has 1 fully saturated rings. The fourth-order valence-electron chi connectivity index (χ4n) is 2.69. The number of carbonyl (C=O) groups is 2. The molecule has 0 aliphatic carbocycles. The third-order valence-corrected chi connectivity index (χ3v) is 4.38. The largest absolute Gasteiger partial charge is 0.444 e. The molecule has 3 heterocycles. The van der Waals surface area contributed by atoms with Gasteiger partial charge in [-0.2, -0.15) is 0 Å². The van der Waals surface area contributed by atoms with Crippen molar-refractivity contribution in [2.45, 2.75) is 26.4 Å². The van der Waals surface area contributed by atoms with Gasteiger partial charge in [0, 0.05) is 36.8 Å². The van der Waals surface area contributed by atoms with Crippen molar-refractivity contribution in [3.8, 4) is 0 Å². The van der Waals surface area contributed by atoms with Gasteiger partial charge >= 0.3 is 6.09 Å². The molecule has 1 aliphatic heterocycles. The van der Waals surface area contributed by atoms with Gasteiger partial charge in [0.2, 0.25) is 0 Å². The van der Waals surface area contributed by atoms with E-state index in [0.29, 0.717) is 31.9 Å². The van der Waals surface area contributed by atoms with Crippen molar-refractivity contribution in [2.24, 2.45) is 0 Å². The molecule has 0 N–H and O–H groups in total. The zero-order valence-corrected chi connectivity index (χ0v) is 16.1. The molecule has 1 saturated heterocycles. The van der Waals surface area contributed by atoms with E-state index in [9.17, 15) is 9.59 Å². The van der Waals surface area contributed by atoms with E-state index in [1.807, 2.05) is 39.1 Å². The van der Waals surface area contributed by atoms with Crippen LogP contribution in [0, 0.1) is 0 Å². The average molecular weight is 409 g/mol. The van der Waals surface area contributed by atoms with Crippen molar-refractivity contribution in [2.75, 3.05) is 26.2 Å². The molecule has 3 rings (SSSR count). The average Bonchev–Trinajstić information content (AvgIpc) is 2.95. The summed E-state index contributed by atoms with van der Waals surface area (Å²) in [6, 6.07) is 3.73. The predicted octanol–water partition coefficient (Wildman–Crippen LogP) is 2.79. The summed E-state index contributed by atoms with van der Waals surface area (Å²) in [5.41, 5.74) is 0.717. The molecule has 0 unspecified atom stereocenters. The number of piperazine rings is 1. The van der Waals surface area contributed by atoms with Crippen LogP contribution < -0.4 is 0 Å². The molecule has 0 spiro atoms. The molecule has 134 valence electrons. The second-order valence-corrected chi connectivity index (χ2v) is 7.89. The Hall–Kier alpha value is -2.09. The van der Waals surface area contributed by atoms with Gasteiger partial charge in [0.05, 0.1) is 6.20 Å². The maximum absolute atomic E-state index is 12.8. The molecule has 1 aliphatic rings. The van der Waals surface area contributed by atoms with Gasteiger partial charge in [-0.1, -0.05) is 0 Å². The van der Waals surface area contributed by atoms with Crippen LogP contribution in [0.15, 0.2) is 29.0 Å². The molecule has 0 atom stereocenters. The van der Waals surface area contributed by atoms with Crippen LogP contribution in [0.1, 0.15) is 31.3 Å². The number of imidazole rings is 1. The summed E-state index contributed by atoms with van der Waals surface area (Å²) in [4.78, 5) is 32.6. The third kappa shape index (κ3) is 3.95. The van der Waals surface area contributed by atoms with E-state index in [1.54, 1.807) is 20.4 Å². The first-order valence-corrected chi connectivity index (χ1v) is 8.94. The van der Waals surface area contributed by atoms with E-state index < -0.39 is 5.60 Å². The Kier molecular flexibility index (Phi) is 4.73. The quantitative estimate of drug-likeness (QED) is 0.727. The summed E-state index contributed by atoms with van der Waals surface area (Å²) < 4.78 is 8.03. The minimum Gasteiger partial charge on any atom is -0.444 e. The first kappa shape index (κ1) is 17.7. The molecule has 2 amide bonds. The van der Waals surface area contributed by atoms with E-state index in [2.05, 4.69) is 20.9 Å². The van der Waals surface area contributed by atoms with Crippen molar-refractivity contribution >= 4 is 33.6 Å². The highest BCUT2D eigenvalue weighted by Crippen LogP contribution is 2.17. The Morgan fingerprint density at radius 1 is 1.12 bits per heavy atom. The second-order valence-electron chi connectivity index (χ2n) is 6.98. The van der Waals surface area contributed by atoms with Crippen LogP contribution in [0.2, 0.25) is 0 Å². The number of aromatic nitrogens is 2. The molecule has 0 aromatic carbocycles. The SMILES string of the molecule is CC(C)(C)OC(=O)N1CCN(C(=O)c2cnc3ccc(Br)cn23)CC1. The second kappa shape index (κ2) is 6.67. The standard InChI is InChI=1S/C17H21BrN4O3/c1-17(2,3)25-16(24)21-8-6-20(7-9-21)15(23)13-10-19-14-5-4-12(18)11-22(13)14/h4-5,10-11H,6-9H2,1-3H3. The van der Waals surface area contributed by atoms with Crippen molar-refractivity contribution in [3.63, 3.8) is 0 Å². The third-order valence-electron chi connectivity index (χ3n) is 3.91. The molecule has 2 aromatic heterocycles. The lowest BCUT2D eigenvalue weighted by Crippen LogP contribution is -2.51. The molecule has 8 heteroatoms. The number of nitrogens with zero attached hydrogens (tertiary/aromatic N) is 4. The van der Waals surface area contributed by atoms with Gasteiger partial charge in [0.1, 0.15) is 16.9 Å². The highest BCUT2D eigenvalue weighted by molar-refractivity contribution is 9.10. The summed E-state index contributed by atoms with van der Waals surface area (Å²) in [6.45, 7) is 7.38. The van der Waals surface area contributed by atoms with Crippen LogP contribution in [0.5, 0.6) is 0 Å². The summed E-state index contributed by atoms with van der Waals surface area (Å²) in [7, 11) is 0. The van der Waals surface area contributed by atoms with Crippen LogP contribution in [-0.4, -0.2) is 63.0 Å². The lowest BCUT2D eigenvalue weighted by molar-refractivity contribution is 0.0140. The summed E-state index contributed by atoms with van der Waals surface area (Å²) in [5, 5.41) is 0. The minimum atomic E-state index is -0.520.